The number of aromatic nitrogens is 2. The van der Waals surface area contributed by atoms with Crippen LogP contribution < -0.4 is 15.8 Å². The Morgan fingerprint density at radius 2 is 2.39 bits per heavy atom. The number of nitrogens with zero attached hydrogens (tertiary/aromatic N) is 3. The van der Waals surface area contributed by atoms with Gasteiger partial charge in [0.15, 0.2) is 0 Å². The van der Waals surface area contributed by atoms with E-state index in [0.29, 0.717) is 11.8 Å². The van der Waals surface area contributed by atoms with Crippen molar-refractivity contribution >= 4 is 11.8 Å². The van der Waals surface area contributed by atoms with Gasteiger partial charge in [-0.3, -0.25) is 0 Å². The van der Waals surface area contributed by atoms with E-state index in [0.717, 1.165) is 18.9 Å². The molecule has 1 aromatic heterocycles. The van der Waals surface area contributed by atoms with Gasteiger partial charge in [-0.1, -0.05) is 0 Å². The molecule has 1 unspecified atom stereocenters. The molecule has 0 amide bonds. The van der Waals surface area contributed by atoms with Crippen LogP contribution in [-0.2, 0) is 0 Å². The van der Waals surface area contributed by atoms with E-state index in [1.165, 1.54) is 19.4 Å². The van der Waals surface area contributed by atoms with Crippen molar-refractivity contribution in [1.82, 2.24) is 14.9 Å². The summed E-state index contributed by atoms with van der Waals surface area (Å²) in [5, 5.41) is 3.31. The highest BCUT2D eigenvalue weighted by molar-refractivity contribution is 5.42. The van der Waals surface area contributed by atoms with E-state index in [1.807, 2.05) is 0 Å². The Balaban J connectivity index is 1.91. The first-order chi connectivity index (χ1) is 8.67. The predicted octanol–water partition coefficient (Wildman–Crippen LogP) is 0.821. The van der Waals surface area contributed by atoms with Gasteiger partial charge in [-0.05, 0) is 32.4 Å². The lowest BCUT2D eigenvalue weighted by Crippen LogP contribution is -2.35. The third-order valence-electron chi connectivity index (χ3n) is 3.22. The van der Waals surface area contributed by atoms with E-state index in [-0.39, 0.29) is 5.95 Å². The molecule has 1 aliphatic rings. The molecule has 1 aromatic rings. The SMILES string of the molecule is COc1cc(NCC2CCCN(C)C2)nc(N)n1. The summed E-state index contributed by atoms with van der Waals surface area (Å²) in [6, 6.07) is 1.77. The number of nitrogen functional groups attached to an aromatic ring is 1. The monoisotopic (exact) mass is 251 g/mol. The van der Waals surface area contributed by atoms with Gasteiger partial charge >= 0.3 is 0 Å². The van der Waals surface area contributed by atoms with Crippen molar-refractivity contribution in [3.63, 3.8) is 0 Å². The molecule has 1 saturated heterocycles. The smallest absolute Gasteiger partial charge is 0.225 e. The van der Waals surface area contributed by atoms with Crippen LogP contribution in [0.3, 0.4) is 0 Å². The van der Waals surface area contributed by atoms with Crippen LogP contribution in [0.1, 0.15) is 12.8 Å². The zero-order valence-electron chi connectivity index (χ0n) is 11.0. The summed E-state index contributed by atoms with van der Waals surface area (Å²) < 4.78 is 5.07. The van der Waals surface area contributed by atoms with Crippen molar-refractivity contribution in [1.29, 1.82) is 0 Å². The molecule has 1 fully saturated rings. The Labute approximate surface area is 108 Å². The zero-order valence-corrected chi connectivity index (χ0v) is 11.0. The lowest BCUT2D eigenvalue weighted by atomic mass is 9.98. The first-order valence-electron chi connectivity index (χ1n) is 6.28. The van der Waals surface area contributed by atoms with Crippen LogP contribution in [0, 0.1) is 5.92 Å². The first-order valence-corrected chi connectivity index (χ1v) is 6.28. The van der Waals surface area contributed by atoms with E-state index >= 15 is 0 Å². The summed E-state index contributed by atoms with van der Waals surface area (Å²) in [5.41, 5.74) is 5.62. The Bertz CT molecular complexity index is 398. The van der Waals surface area contributed by atoms with Crippen LogP contribution >= 0.6 is 0 Å². The lowest BCUT2D eigenvalue weighted by Gasteiger charge is -2.29. The molecule has 100 valence electrons. The van der Waals surface area contributed by atoms with Gasteiger partial charge in [0, 0.05) is 19.2 Å². The van der Waals surface area contributed by atoms with Gasteiger partial charge in [0.2, 0.25) is 11.8 Å². The maximum atomic E-state index is 5.62. The number of methoxy groups -OCH3 is 1. The van der Waals surface area contributed by atoms with Gasteiger partial charge in [-0.25, -0.2) is 0 Å². The van der Waals surface area contributed by atoms with Crippen molar-refractivity contribution < 1.29 is 4.74 Å². The third-order valence-corrected chi connectivity index (χ3v) is 3.22. The second kappa shape index (κ2) is 5.86. The van der Waals surface area contributed by atoms with E-state index in [9.17, 15) is 0 Å². The molecule has 0 radical (unpaired) electrons. The fourth-order valence-corrected chi connectivity index (χ4v) is 2.33. The zero-order chi connectivity index (χ0) is 13.0. The van der Waals surface area contributed by atoms with Crippen LogP contribution in [0.15, 0.2) is 6.07 Å². The first kappa shape index (κ1) is 12.9. The number of piperidine rings is 1. The highest BCUT2D eigenvalue weighted by atomic mass is 16.5. The normalized spacial score (nSPS) is 20.7. The van der Waals surface area contributed by atoms with Crippen LogP contribution in [0.5, 0.6) is 5.88 Å². The molecule has 1 atom stereocenters. The van der Waals surface area contributed by atoms with E-state index in [1.54, 1.807) is 13.2 Å². The minimum Gasteiger partial charge on any atom is -0.481 e. The highest BCUT2D eigenvalue weighted by Gasteiger charge is 2.17. The standard InChI is InChI=1S/C12H21N5O/c1-17-5-3-4-9(8-17)7-14-10-6-11(18-2)16-12(13)15-10/h6,9H,3-5,7-8H2,1-2H3,(H3,13,14,15,16). The van der Waals surface area contributed by atoms with Crippen LogP contribution in [0.4, 0.5) is 11.8 Å². The highest BCUT2D eigenvalue weighted by Crippen LogP contribution is 2.18. The summed E-state index contributed by atoms with van der Waals surface area (Å²) >= 11 is 0. The van der Waals surface area contributed by atoms with Crippen molar-refractivity contribution in [2.75, 3.05) is 44.8 Å². The number of nitrogens with two attached hydrogens (primary N) is 1. The molecule has 6 nitrogen and oxygen atoms in total. The topological polar surface area (TPSA) is 76.3 Å². The largest absolute Gasteiger partial charge is 0.481 e. The van der Waals surface area contributed by atoms with E-state index < -0.39 is 0 Å². The number of hydrogen-bond acceptors (Lipinski definition) is 6. The van der Waals surface area contributed by atoms with Crippen LogP contribution in [0.25, 0.3) is 0 Å². The molecule has 0 aliphatic carbocycles. The fraction of sp³-hybridized carbons (Fsp3) is 0.667. The molecule has 0 aromatic carbocycles. The quantitative estimate of drug-likeness (QED) is 0.825. The summed E-state index contributed by atoms with van der Waals surface area (Å²) in [6.45, 7) is 3.24. The maximum absolute atomic E-state index is 5.62. The summed E-state index contributed by atoms with van der Waals surface area (Å²) in [7, 11) is 3.74. The molecule has 0 bridgehead atoms. The number of ether oxygens (including phenoxy) is 1. The minimum atomic E-state index is 0.234. The van der Waals surface area contributed by atoms with Crippen molar-refractivity contribution in [3.8, 4) is 5.88 Å². The molecular formula is C12H21N5O. The van der Waals surface area contributed by atoms with Crippen LogP contribution in [0.2, 0.25) is 0 Å². The molecule has 2 rings (SSSR count). The lowest BCUT2D eigenvalue weighted by molar-refractivity contribution is 0.217. The van der Waals surface area contributed by atoms with Crippen molar-refractivity contribution in [3.05, 3.63) is 6.07 Å². The maximum Gasteiger partial charge on any atom is 0.225 e. The van der Waals surface area contributed by atoms with Gasteiger partial charge < -0.3 is 20.7 Å². The van der Waals surface area contributed by atoms with Gasteiger partial charge in [0.25, 0.3) is 0 Å². The van der Waals surface area contributed by atoms with Gasteiger partial charge in [-0.15, -0.1) is 0 Å². The number of hydrogen-bond donors (Lipinski definition) is 2. The fourth-order valence-electron chi connectivity index (χ4n) is 2.33. The molecule has 18 heavy (non-hydrogen) atoms. The molecule has 0 spiro atoms. The second-order valence-electron chi connectivity index (χ2n) is 4.81. The number of anilines is 2. The summed E-state index contributed by atoms with van der Waals surface area (Å²) in [4.78, 5) is 10.5. The number of nitrogens with one attached hydrogen (secondary N) is 1. The van der Waals surface area contributed by atoms with Crippen molar-refractivity contribution in [2.24, 2.45) is 5.92 Å². The molecule has 2 heterocycles. The van der Waals surface area contributed by atoms with E-state index in [4.69, 9.17) is 10.5 Å². The molecule has 1 aliphatic heterocycles. The Kier molecular flexibility index (Phi) is 4.19. The Morgan fingerprint density at radius 3 is 3.11 bits per heavy atom. The van der Waals surface area contributed by atoms with Gasteiger partial charge in [0.1, 0.15) is 5.82 Å². The van der Waals surface area contributed by atoms with E-state index in [2.05, 4.69) is 27.2 Å². The molecule has 6 heteroatoms. The van der Waals surface area contributed by atoms with Crippen LogP contribution in [-0.4, -0.2) is 48.7 Å². The molecule has 0 saturated carbocycles. The average molecular weight is 251 g/mol. The predicted molar refractivity (Wildman–Crippen MR) is 71.7 cm³/mol. The van der Waals surface area contributed by atoms with Gasteiger partial charge in [-0.2, -0.15) is 9.97 Å². The second-order valence-corrected chi connectivity index (χ2v) is 4.81. The van der Waals surface area contributed by atoms with Gasteiger partial charge in [0.05, 0.1) is 7.11 Å². The molecule has 3 N–H and O–H groups in total. The summed E-state index contributed by atoms with van der Waals surface area (Å²) in [6.07, 6.45) is 2.52. The Morgan fingerprint density at radius 1 is 1.56 bits per heavy atom. The molecular weight excluding hydrogens is 230 g/mol. The minimum absolute atomic E-state index is 0.234. The Hall–Kier alpha value is -1.56. The number of likely N-dealkylation sites (tertiary alicyclic amines) is 1. The van der Waals surface area contributed by atoms with Crippen molar-refractivity contribution in [2.45, 2.75) is 12.8 Å². The third kappa shape index (κ3) is 3.46. The summed E-state index contributed by atoms with van der Waals surface area (Å²) in [5.74, 6) is 2.11. The average Bonchev–Trinajstić information content (AvgIpc) is 2.36. The number of rotatable bonds is 4.